The highest BCUT2D eigenvalue weighted by Gasteiger charge is 1.84. The van der Waals surface area contributed by atoms with E-state index in [9.17, 15) is 0 Å². The third kappa shape index (κ3) is 7.85. The summed E-state index contributed by atoms with van der Waals surface area (Å²) in [7, 11) is 1.95. The summed E-state index contributed by atoms with van der Waals surface area (Å²) in [5.41, 5.74) is 0. The number of nitrogens with one attached hydrogen (secondary N) is 2. The number of hydrogen-bond acceptors (Lipinski definition) is 2. The van der Waals surface area contributed by atoms with Crippen LogP contribution in [0.2, 0.25) is 0 Å². The molecule has 0 aliphatic rings. The van der Waals surface area contributed by atoms with Crippen LogP contribution in [0.1, 0.15) is 13.3 Å². The van der Waals surface area contributed by atoms with E-state index in [1.165, 1.54) is 0 Å². The van der Waals surface area contributed by atoms with Gasteiger partial charge in [-0.25, -0.2) is 0 Å². The van der Waals surface area contributed by atoms with Crippen molar-refractivity contribution in [2.75, 3.05) is 20.1 Å². The number of rotatable bonds is 4. The van der Waals surface area contributed by atoms with Crippen molar-refractivity contribution in [3.63, 3.8) is 0 Å². The van der Waals surface area contributed by atoms with Gasteiger partial charge in [-0.2, -0.15) is 0 Å². The molecular formula is C6H14N2S. The molecule has 0 aromatic carbocycles. The quantitative estimate of drug-likeness (QED) is 0.447. The molecule has 0 bridgehead atoms. The Morgan fingerprint density at radius 1 is 1.44 bits per heavy atom. The number of thiocarbonyl (C=S) groups is 1. The highest BCUT2D eigenvalue weighted by Crippen LogP contribution is 1.72. The third-order valence-corrected chi connectivity index (χ3v) is 1.12. The topological polar surface area (TPSA) is 24.1 Å². The first kappa shape index (κ1) is 8.85. The SMILES string of the molecule is CNCCCNC(C)=S. The van der Waals surface area contributed by atoms with Crippen LogP contribution in [0.5, 0.6) is 0 Å². The molecule has 2 N–H and O–H groups in total. The zero-order valence-electron chi connectivity index (χ0n) is 6.03. The molecule has 9 heavy (non-hydrogen) atoms. The Hall–Kier alpha value is -0.150. The minimum atomic E-state index is 0.881. The lowest BCUT2D eigenvalue weighted by Crippen LogP contribution is -2.22. The van der Waals surface area contributed by atoms with E-state index < -0.39 is 0 Å². The van der Waals surface area contributed by atoms with Crippen molar-refractivity contribution < 1.29 is 0 Å². The molecule has 0 heterocycles. The van der Waals surface area contributed by atoms with Gasteiger partial charge in [-0.3, -0.25) is 0 Å². The van der Waals surface area contributed by atoms with Crippen LogP contribution < -0.4 is 10.6 Å². The van der Waals surface area contributed by atoms with Gasteiger partial charge in [0.2, 0.25) is 0 Å². The van der Waals surface area contributed by atoms with Crippen molar-refractivity contribution in [3.8, 4) is 0 Å². The molecule has 0 aromatic rings. The minimum absolute atomic E-state index is 0.881. The molecule has 0 aliphatic carbocycles. The lowest BCUT2D eigenvalue weighted by atomic mass is 10.4. The third-order valence-electron chi connectivity index (χ3n) is 0.977. The molecule has 0 rings (SSSR count). The van der Waals surface area contributed by atoms with Crippen LogP contribution in [0.3, 0.4) is 0 Å². The van der Waals surface area contributed by atoms with Crippen LogP contribution >= 0.6 is 12.2 Å². The van der Waals surface area contributed by atoms with Crippen molar-refractivity contribution in [2.24, 2.45) is 0 Å². The largest absolute Gasteiger partial charge is 0.380 e. The molecule has 3 heteroatoms. The Balaban J connectivity index is 2.83. The molecule has 2 nitrogen and oxygen atoms in total. The molecule has 0 fully saturated rings. The fourth-order valence-corrected chi connectivity index (χ4v) is 0.632. The summed E-state index contributed by atoms with van der Waals surface area (Å²) in [6.07, 6.45) is 1.13. The maximum absolute atomic E-state index is 4.81. The van der Waals surface area contributed by atoms with Gasteiger partial charge >= 0.3 is 0 Å². The normalized spacial score (nSPS) is 9.11. The smallest absolute Gasteiger partial charge is 0.0721 e. The van der Waals surface area contributed by atoms with Gasteiger partial charge in [0.15, 0.2) is 0 Å². The van der Waals surface area contributed by atoms with Crippen molar-refractivity contribution >= 4 is 17.2 Å². The molecule has 0 saturated heterocycles. The zero-order chi connectivity index (χ0) is 7.11. The summed E-state index contributed by atoms with van der Waals surface area (Å²) in [6, 6.07) is 0. The standard InChI is InChI=1S/C6H14N2S/c1-6(9)8-5-3-4-7-2/h7H,3-5H2,1-2H3,(H,8,9). The van der Waals surface area contributed by atoms with Crippen molar-refractivity contribution in [2.45, 2.75) is 13.3 Å². The first-order chi connectivity index (χ1) is 4.27. The average molecular weight is 146 g/mol. The van der Waals surface area contributed by atoms with E-state index in [1.807, 2.05) is 14.0 Å². The maximum Gasteiger partial charge on any atom is 0.0721 e. The summed E-state index contributed by atoms with van der Waals surface area (Å²) < 4.78 is 0. The van der Waals surface area contributed by atoms with Gasteiger partial charge in [0, 0.05) is 6.54 Å². The van der Waals surface area contributed by atoms with Crippen molar-refractivity contribution in [1.29, 1.82) is 0 Å². The van der Waals surface area contributed by atoms with E-state index in [-0.39, 0.29) is 0 Å². The van der Waals surface area contributed by atoms with Crippen LogP contribution in [-0.4, -0.2) is 25.1 Å². The molecule has 0 amide bonds. The zero-order valence-corrected chi connectivity index (χ0v) is 6.85. The first-order valence-corrected chi connectivity index (χ1v) is 3.57. The van der Waals surface area contributed by atoms with E-state index in [0.29, 0.717) is 0 Å². The van der Waals surface area contributed by atoms with Gasteiger partial charge in [0.1, 0.15) is 0 Å². The molecule has 0 aliphatic heterocycles. The van der Waals surface area contributed by atoms with Crippen LogP contribution in [0.25, 0.3) is 0 Å². The second kappa shape index (κ2) is 5.98. The maximum atomic E-state index is 4.81. The van der Waals surface area contributed by atoms with Crippen LogP contribution in [0.15, 0.2) is 0 Å². The molecule has 0 saturated carbocycles. The highest BCUT2D eigenvalue weighted by molar-refractivity contribution is 7.80. The van der Waals surface area contributed by atoms with Crippen molar-refractivity contribution in [3.05, 3.63) is 0 Å². The molecular weight excluding hydrogens is 132 g/mol. The molecule has 0 atom stereocenters. The van der Waals surface area contributed by atoms with Crippen LogP contribution in [-0.2, 0) is 0 Å². The van der Waals surface area contributed by atoms with E-state index >= 15 is 0 Å². The molecule has 54 valence electrons. The second-order valence-electron chi connectivity index (χ2n) is 1.94. The van der Waals surface area contributed by atoms with Gasteiger partial charge in [0.25, 0.3) is 0 Å². The molecule has 0 aromatic heterocycles. The summed E-state index contributed by atoms with van der Waals surface area (Å²) in [4.78, 5) is 0.881. The van der Waals surface area contributed by atoms with E-state index in [4.69, 9.17) is 12.2 Å². The fourth-order valence-electron chi connectivity index (χ4n) is 0.530. The molecule has 0 unspecified atom stereocenters. The van der Waals surface area contributed by atoms with Gasteiger partial charge in [-0.15, -0.1) is 0 Å². The summed E-state index contributed by atoms with van der Waals surface area (Å²) >= 11 is 4.81. The van der Waals surface area contributed by atoms with Crippen LogP contribution in [0.4, 0.5) is 0 Å². The summed E-state index contributed by atoms with van der Waals surface area (Å²) in [5, 5.41) is 6.13. The van der Waals surface area contributed by atoms with E-state index in [2.05, 4.69) is 10.6 Å². The predicted octanol–water partition coefficient (Wildman–Crippen LogP) is 0.533. The summed E-state index contributed by atoms with van der Waals surface area (Å²) in [5.74, 6) is 0. The Morgan fingerprint density at radius 3 is 2.56 bits per heavy atom. The summed E-state index contributed by atoms with van der Waals surface area (Å²) in [6.45, 7) is 3.93. The highest BCUT2D eigenvalue weighted by atomic mass is 32.1. The first-order valence-electron chi connectivity index (χ1n) is 3.16. The van der Waals surface area contributed by atoms with Crippen molar-refractivity contribution in [1.82, 2.24) is 10.6 Å². The Bertz CT molecular complexity index is 83.1. The second-order valence-corrected chi connectivity index (χ2v) is 2.55. The van der Waals surface area contributed by atoms with Gasteiger partial charge < -0.3 is 10.6 Å². The minimum Gasteiger partial charge on any atom is -0.380 e. The Morgan fingerprint density at radius 2 is 2.11 bits per heavy atom. The van der Waals surface area contributed by atoms with Crippen LogP contribution in [0, 0.1) is 0 Å². The lowest BCUT2D eigenvalue weighted by Gasteiger charge is -2.01. The molecule has 0 radical (unpaired) electrons. The Labute approximate surface area is 62.0 Å². The van der Waals surface area contributed by atoms with Gasteiger partial charge in [-0.1, -0.05) is 12.2 Å². The molecule has 0 spiro atoms. The van der Waals surface area contributed by atoms with E-state index in [1.54, 1.807) is 0 Å². The average Bonchev–Trinajstić information content (AvgIpc) is 1.80. The predicted molar refractivity (Wildman–Crippen MR) is 44.8 cm³/mol. The van der Waals surface area contributed by atoms with Gasteiger partial charge in [0.05, 0.1) is 4.99 Å². The lowest BCUT2D eigenvalue weighted by molar-refractivity contribution is 0.706. The number of hydrogen-bond donors (Lipinski definition) is 2. The van der Waals surface area contributed by atoms with E-state index in [0.717, 1.165) is 24.5 Å². The fraction of sp³-hybridized carbons (Fsp3) is 0.833. The monoisotopic (exact) mass is 146 g/mol. The Kier molecular flexibility index (Phi) is 5.88. The van der Waals surface area contributed by atoms with Gasteiger partial charge in [-0.05, 0) is 26.9 Å².